The van der Waals surface area contributed by atoms with Crippen LogP contribution in [-0.4, -0.2) is 32.9 Å². The van der Waals surface area contributed by atoms with Crippen LogP contribution in [-0.2, 0) is 6.54 Å². The molecular weight excluding hydrogens is 232 g/mol. The second-order valence-electron chi connectivity index (χ2n) is 4.72. The minimum Gasteiger partial charge on any atom is -0.396 e. The zero-order valence-corrected chi connectivity index (χ0v) is 10.6. The van der Waals surface area contributed by atoms with Crippen molar-refractivity contribution >= 4 is 11.6 Å². The van der Waals surface area contributed by atoms with E-state index in [1.807, 2.05) is 6.92 Å². The Morgan fingerprint density at radius 1 is 1.61 bits per heavy atom. The third-order valence-corrected chi connectivity index (χ3v) is 3.38. The van der Waals surface area contributed by atoms with E-state index in [0.29, 0.717) is 12.2 Å². The van der Waals surface area contributed by atoms with Crippen molar-refractivity contribution in [3.05, 3.63) is 11.9 Å². The van der Waals surface area contributed by atoms with Gasteiger partial charge in [-0.15, -0.1) is 0 Å². The minimum atomic E-state index is -0.461. The largest absolute Gasteiger partial charge is 0.396 e. The number of amides is 1. The van der Waals surface area contributed by atoms with E-state index < -0.39 is 6.10 Å². The van der Waals surface area contributed by atoms with E-state index in [1.54, 1.807) is 10.9 Å². The maximum atomic E-state index is 12.0. The number of hydrogen-bond acceptors (Lipinski definition) is 4. The van der Waals surface area contributed by atoms with Gasteiger partial charge in [0.1, 0.15) is 0 Å². The fourth-order valence-electron chi connectivity index (χ4n) is 2.29. The summed E-state index contributed by atoms with van der Waals surface area (Å²) in [6.45, 7) is 2.60. The summed E-state index contributed by atoms with van der Waals surface area (Å²) in [5.74, 6) is -0.300. The molecule has 6 nitrogen and oxygen atoms in total. The molecular formula is C12H20N4O2. The molecule has 1 saturated carbocycles. The van der Waals surface area contributed by atoms with E-state index in [0.717, 1.165) is 25.7 Å². The highest BCUT2D eigenvalue weighted by Crippen LogP contribution is 2.19. The average molecular weight is 252 g/mol. The Balaban J connectivity index is 2.04. The first kappa shape index (κ1) is 12.9. The highest BCUT2D eigenvalue weighted by atomic mass is 16.3. The summed E-state index contributed by atoms with van der Waals surface area (Å²) in [5.41, 5.74) is 6.37. The first-order chi connectivity index (χ1) is 8.61. The predicted molar refractivity (Wildman–Crippen MR) is 68.0 cm³/mol. The number of anilines is 1. The molecule has 0 saturated heterocycles. The highest BCUT2D eigenvalue weighted by Gasteiger charge is 2.26. The lowest BCUT2D eigenvalue weighted by Crippen LogP contribution is -2.45. The van der Waals surface area contributed by atoms with Gasteiger partial charge in [0.2, 0.25) is 0 Å². The molecule has 1 aromatic rings. The zero-order chi connectivity index (χ0) is 13.1. The SMILES string of the molecule is CCn1cc(N)c(C(=O)N[C@@H]2CCCC[C@H]2O)n1. The Bertz CT molecular complexity index is 430. The molecule has 1 aliphatic rings. The summed E-state index contributed by atoms with van der Waals surface area (Å²) >= 11 is 0. The van der Waals surface area contributed by atoms with E-state index in [4.69, 9.17) is 5.73 Å². The van der Waals surface area contributed by atoms with Gasteiger partial charge in [0.25, 0.3) is 5.91 Å². The van der Waals surface area contributed by atoms with E-state index in [9.17, 15) is 9.90 Å². The second-order valence-corrected chi connectivity index (χ2v) is 4.72. The van der Waals surface area contributed by atoms with Crippen molar-refractivity contribution in [1.29, 1.82) is 0 Å². The lowest BCUT2D eigenvalue weighted by atomic mass is 9.92. The van der Waals surface area contributed by atoms with E-state index in [-0.39, 0.29) is 17.6 Å². The summed E-state index contributed by atoms with van der Waals surface area (Å²) in [6, 6.07) is -0.183. The number of hydrogen-bond donors (Lipinski definition) is 3. The summed E-state index contributed by atoms with van der Waals surface area (Å²) in [5, 5.41) is 16.7. The molecule has 0 unspecified atom stereocenters. The van der Waals surface area contributed by atoms with Gasteiger partial charge in [-0.3, -0.25) is 9.48 Å². The molecule has 0 aliphatic heterocycles. The van der Waals surface area contributed by atoms with Crippen molar-refractivity contribution in [2.75, 3.05) is 5.73 Å². The quantitative estimate of drug-likeness (QED) is 0.731. The van der Waals surface area contributed by atoms with Gasteiger partial charge < -0.3 is 16.2 Å². The molecule has 1 fully saturated rings. The van der Waals surface area contributed by atoms with Crippen LogP contribution < -0.4 is 11.1 Å². The third kappa shape index (κ3) is 2.64. The van der Waals surface area contributed by atoms with Gasteiger partial charge in [-0.1, -0.05) is 12.8 Å². The molecule has 1 heterocycles. The van der Waals surface area contributed by atoms with E-state index in [1.165, 1.54) is 0 Å². The van der Waals surface area contributed by atoms with Gasteiger partial charge >= 0.3 is 0 Å². The number of nitrogen functional groups attached to an aromatic ring is 1. The summed E-state index contributed by atoms with van der Waals surface area (Å²) in [4.78, 5) is 12.0. The molecule has 2 rings (SSSR count). The standard InChI is InChI=1S/C12H20N4O2/c1-2-16-7-8(13)11(15-16)12(18)14-9-5-3-4-6-10(9)17/h7,9-10,17H,2-6,13H2,1H3,(H,14,18)/t9-,10-/m1/s1. The lowest BCUT2D eigenvalue weighted by Gasteiger charge is -2.28. The molecule has 100 valence electrons. The van der Waals surface area contributed by atoms with Gasteiger partial charge in [0.15, 0.2) is 5.69 Å². The zero-order valence-electron chi connectivity index (χ0n) is 10.6. The number of aromatic nitrogens is 2. The maximum Gasteiger partial charge on any atom is 0.274 e. The van der Waals surface area contributed by atoms with Crippen molar-refractivity contribution < 1.29 is 9.90 Å². The molecule has 0 spiro atoms. The molecule has 1 amide bonds. The second kappa shape index (κ2) is 5.39. The summed E-state index contributed by atoms with van der Waals surface area (Å²) < 4.78 is 1.63. The van der Waals surface area contributed by atoms with Crippen LogP contribution in [0.1, 0.15) is 43.1 Å². The Labute approximate surface area is 106 Å². The number of carbonyl (C=O) groups excluding carboxylic acids is 1. The van der Waals surface area contributed by atoms with Crippen LogP contribution in [0.4, 0.5) is 5.69 Å². The van der Waals surface area contributed by atoms with Crippen LogP contribution in [0.25, 0.3) is 0 Å². The number of aliphatic hydroxyl groups excluding tert-OH is 1. The van der Waals surface area contributed by atoms with Gasteiger partial charge in [0, 0.05) is 12.7 Å². The van der Waals surface area contributed by atoms with Crippen molar-refractivity contribution in [2.45, 2.75) is 51.3 Å². The van der Waals surface area contributed by atoms with Gasteiger partial charge in [-0.05, 0) is 19.8 Å². The van der Waals surface area contributed by atoms with E-state index in [2.05, 4.69) is 10.4 Å². The van der Waals surface area contributed by atoms with Crippen molar-refractivity contribution in [2.24, 2.45) is 0 Å². The first-order valence-corrected chi connectivity index (χ1v) is 6.43. The summed E-state index contributed by atoms with van der Waals surface area (Å²) in [7, 11) is 0. The predicted octanol–water partition coefficient (Wildman–Crippen LogP) is 0.518. The number of rotatable bonds is 3. The minimum absolute atomic E-state index is 0.183. The maximum absolute atomic E-state index is 12.0. The van der Waals surface area contributed by atoms with Crippen LogP contribution in [0, 0.1) is 0 Å². The molecule has 18 heavy (non-hydrogen) atoms. The van der Waals surface area contributed by atoms with Crippen LogP contribution >= 0.6 is 0 Å². The van der Waals surface area contributed by atoms with Gasteiger partial charge in [-0.2, -0.15) is 5.10 Å². The van der Waals surface area contributed by atoms with Crippen molar-refractivity contribution in [3.63, 3.8) is 0 Å². The molecule has 4 N–H and O–H groups in total. The van der Waals surface area contributed by atoms with Crippen LogP contribution in [0.3, 0.4) is 0 Å². The van der Waals surface area contributed by atoms with Gasteiger partial charge in [-0.25, -0.2) is 0 Å². The molecule has 0 bridgehead atoms. The number of aryl methyl sites for hydroxylation is 1. The molecule has 2 atom stereocenters. The van der Waals surface area contributed by atoms with E-state index >= 15 is 0 Å². The monoisotopic (exact) mass is 252 g/mol. The molecule has 0 radical (unpaired) electrons. The Morgan fingerprint density at radius 2 is 2.33 bits per heavy atom. The fourth-order valence-corrected chi connectivity index (χ4v) is 2.29. The number of carbonyl (C=O) groups is 1. The topological polar surface area (TPSA) is 93.2 Å². The Morgan fingerprint density at radius 3 is 2.94 bits per heavy atom. The highest BCUT2D eigenvalue weighted by molar-refractivity contribution is 5.97. The van der Waals surface area contributed by atoms with Crippen LogP contribution in [0.5, 0.6) is 0 Å². The first-order valence-electron chi connectivity index (χ1n) is 6.43. The number of aliphatic hydroxyl groups is 1. The number of nitrogens with zero attached hydrogens (tertiary/aromatic N) is 2. The number of nitrogens with two attached hydrogens (primary N) is 1. The molecule has 1 aliphatic carbocycles. The molecule has 6 heteroatoms. The number of nitrogens with one attached hydrogen (secondary N) is 1. The third-order valence-electron chi connectivity index (χ3n) is 3.38. The van der Waals surface area contributed by atoms with Gasteiger partial charge in [0.05, 0.1) is 17.8 Å². The van der Waals surface area contributed by atoms with Crippen LogP contribution in [0.15, 0.2) is 6.20 Å². The Hall–Kier alpha value is -1.56. The Kier molecular flexibility index (Phi) is 3.86. The molecule has 0 aromatic carbocycles. The normalized spacial score (nSPS) is 23.9. The van der Waals surface area contributed by atoms with Crippen LogP contribution in [0.2, 0.25) is 0 Å². The van der Waals surface area contributed by atoms with Crippen molar-refractivity contribution in [3.8, 4) is 0 Å². The summed E-state index contributed by atoms with van der Waals surface area (Å²) in [6.07, 6.45) is 4.77. The fraction of sp³-hybridized carbons (Fsp3) is 0.667. The smallest absolute Gasteiger partial charge is 0.274 e. The van der Waals surface area contributed by atoms with Crippen molar-refractivity contribution in [1.82, 2.24) is 15.1 Å². The average Bonchev–Trinajstić information content (AvgIpc) is 2.73. The molecule has 1 aromatic heterocycles. The lowest BCUT2D eigenvalue weighted by molar-refractivity contribution is 0.0714.